The number of hydrogen-bond acceptors (Lipinski definition) is 3. The number of carbonyl (C=O) groups excluding carboxylic acids is 1. The van der Waals surface area contributed by atoms with Crippen molar-refractivity contribution in [2.75, 3.05) is 13.1 Å². The van der Waals surface area contributed by atoms with Crippen LogP contribution in [-0.2, 0) is 4.74 Å². The maximum atomic E-state index is 11.7. The highest BCUT2D eigenvalue weighted by atomic mass is 16.6. The normalized spacial score (nSPS) is 29.1. The van der Waals surface area contributed by atoms with Gasteiger partial charge in [0.05, 0.1) is 0 Å². The molecule has 0 aromatic carbocycles. The van der Waals surface area contributed by atoms with Crippen LogP contribution in [0.1, 0.15) is 40.0 Å². The fourth-order valence-electron chi connectivity index (χ4n) is 2.39. The Morgan fingerprint density at radius 1 is 1.35 bits per heavy atom. The Labute approximate surface area is 103 Å². The Hall–Kier alpha value is -0.770. The summed E-state index contributed by atoms with van der Waals surface area (Å²) in [6.07, 6.45) is 3.70. The van der Waals surface area contributed by atoms with Gasteiger partial charge in [-0.25, -0.2) is 4.79 Å². The van der Waals surface area contributed by atoms with Crippen molar-refractivity contribution in [3.8, 4) is 0 Å². The monoisotopic (exact) mass is 240 g/mol. The van der Waals surface area contributed by atoms with Gasteiger partial charge >= 0.3 is 6.09 Å². The molecule has 0 bridgehead atoms. The minimum absolute atomic E-state index is 0.241. The van der Waals surface area contributed by atoms with Crippen molar-refractivity contribution in [3.05, 3.63) is 0 Å². The third kappa shape index (κ3) is 4.19. The van der Waals surface area contributed by atoms with Gasteiger partial charge < -0.3 is 15.4 Å². The Kier molecular flexibility index (Phi) is 3.61. The SMILES string of the molecule is CC(C)(C)OC(=O)NC1CNCC1CC1CC1. The van der Waals surface area contributed by atoms with Gasteiger partial charge in [-0.1, -0.05) is 12.8 Å². The van der Waals surface area contributed by atoms with Crippen LogP contribution in [0.5, 0.6) is 0 Å². The number of nitrogens with one attached hydrogen (secondary N) is 2. The smallest absolute Gasteiger partial charge is 0.407 e. The number of rotatable bonds is 3. The van der Waals surface area contributed by atoms with E-state index in [9.17, 15) is 4.79 Å². The second-order valence-corrected chi connectivity index (χ2v) is 6.35. The molecular formula is C13H24N2O2. The van der Waals surface area contributed by atoms with Gasteiger partial charge in [-0.3, -0.25) is 0 Å². The van der Waals surface area contributed by atoms with Crippen molar-refractivity contribution < 1.29 is 9.53 Å². The lowest BCUT2D eigenvalue weighted by atomic mass is 9.97. The molecule has 2 aliphatic rings. The van der Waals surface area contributed by atoms with Crippen LogP contribution in [0, 0.1) is 11.8 Å². The largest absolute Gasteiger partial charge is 0.444 e. The molecule has 1 amide bonds. The first-order valence-corrected chi connectivity index (χ1v) is 6.64. The number of hydrogen-bond donors (Lipinski definition) is 2. The van der Waals surface area contributed by atoms with Crippen molar-refractivity contribution in [3.63, 3.8) is 0 Å². The number of amides is 1. The summed E-state index contributed by atoms with van der Waals surface area (Å²) in [7, 11) is 0. The molecule has 2 fully saturated rings. The van der Waals surface area contributed by atoms with Gasteiger partial charge in [-0.2, -0.15) is 0 Å². The quantitative estimate of drug-likeness (QED) is 0.792. The maximum absolute atomic E-state index is 11.7. The first-order valence-electron chi connectivity index (χ1n) is 6.64. The first-order chi connectivity index (χ1) is 7.94. The van der Waals surface area contributed by atoms with Gasteiger partial charge in [0, 0.05) is 19.1 Å². The van der Waals surface area contributed by atoms with Gasteiger partial charge in [-0.05, 0) is 39.0 Å². The average Bonchev–Trinajstić information content (AvgIpc) is 2.86. The van der Waals surface area contributed by atoms with Gasteiger partial charge in [0.25, 0.3) is 0 Å². The minimum atomic E-state index is -0.415. The molecule has 2 atom stereocenters. The summed E-state index contributed by atoms with van der Waals surface area (Å²) in [6.45, 7) is 7.57. The lowest BCUT2D eigenvalue weighted by molar-refractivity contribution is 0.0495. The highest BCUT2D eigenvalue weighted by molar-refractivity contribution is 5.68. The van der Waals surface area contributed by atoms with Crippen LogP contribution in [0.3, 0.4) is 0 Å². The standard InChI is InChI=1S/C13H24N2O2/c1-13(2,3)17-12(16)15-11-8-14-7-10(11)6-9-4-5-9/h9-11,14H,4-8H2,1-3H3,(H,15,16). The topological polar surface area (TPSA) is 50.4 Å². The lowest BCUT2D eigenvalue weighted by Crippen LogP contribution is -2.43. The molecule has 17 heavy (non-hydrogen) atoms. The van der Waals surface area contributed by atoms with Crippen LogP contribution < -0.4 is 10.6 Å². The van der Waals surface area contributed by atoms with E-state index in [0.717, 1.165) is 19.0 Å². The van der Waals surface area contributed by atoms with Crippen LogP contribution in [0.25, 0.3) is 0 Å². The molecule has 4 heteroatoms. The van der Waals surface area contributed by atoms with Crippen LogP contribution in [0.15, 0.2) is 0 Å². The molecule has 0 aromatic heterocycles. The third-order valence-corrected chi connectivity index (χ3v) is 3.37. The van der Waals surface area contributed by atoms with Gasteiger partial charge in [-0.15, -0.1) is 0 Å². The molecule has 1 aliphatic carbocycles. The summed E-state index contributed by atoms with van der Waals surface area (Å²) in [6, 6.07) is 0.241. The van der Waals surface area contributed by atoms with E-state index in [2.05, 4.69) is 10.6 Å². The fourth-order valence-corrected chi connectivity index (χ4v) is 2.39. The molecule has 2 rings (SSSR count). The van der Waals surface area contributed by atoms with E-state index in [-0.39, 0.29) is 12.1 Å². The molecule has 0 spiro atoms. The van der Waals surface area contributed by atoms with Crippen molar-refractivity contribution in [2.24, 2.45) is 11.8 Å². The zero-order chi connectivity index (χ0) is 12.5. The van der Waals surface area contributed by atoms with E-state index < -0.39 is 5.60 Å². The Morgan fingerprint density at radius 2 is 2.06 bits per heavy atom. The predicted octanol–water partition coefficient (Wildman–Crippen LogP) is 1.90. The van der Waals surface area contributed by atoms with Gasteiger partial charge in [0.2, 0.25) is 0 Å². The second-order valence-electron chi connectivity index (χ2n) is 6.35. The first kappa shape index (κ1) is 12.7. The maximum Gasteiger partial charge on any atom is 0.407 e. The molecule has 2 N–H and O–H groups in total. The van der Waals surface area contributed by atoms with Crippen LogP contribution >= 0.6 is 0 Å². The lowest BCUT2D eigenvalue weighted by Gasteiger charge is -2.24. The zero-order valence-electron chi connectivity index (χ0n) is 11.1. The van der Waals surface area contributed by atoms with Crippen molar-refractivity contribution >= 4 is 6.09 Å². The Morgan fingerprint density at radius 3 is 2.65 bits per heavy atom. The molecule has 0 radical (unpaired) electrons. The zero-order valence-corrected chi connectivity index (χ0v) is 11.1. The van der Waals surface area contributed by atoms with E-state index in [1.54, 1.807) is 0 Å². The second kappa shape index (κ2) is 4.84. The van der Waals surface area contributed by atoms with E-state index in [1.165, 1.54) is 19.3 Å². The number of alkyl carbamates (subject to hydrolysis) is 1. The van der Waals surface area contributed by atoms with E-state index in [0.29, 0.717) is 5.92 Å². The molecule has 2 unspecified atom stereocenters. The summed E-state index contributed by atoms with van der Waals surface area (Å²) >= 11 is 0. The van der Waals surface area contributed by atoms with Gasteiger partial charge in [0.15, 0.2) is 0 Å². The Balaban J connectivity index is 1.78. The molecule has 98 valence electrons. The van der Waals surface area contributed by atoms with E-state index >= 15 is 0 Å². The summed E-state index contributed by atoms with van der Waals surface area (Å²) in [5.41, 5.74) is -0.415. The fraction of sp³-hybridized carbons (Fsp3) is 0.923. The third-order valence-electron chi connectivity index (χ3n) is 3.37. The van der Waals surface area contributed by atoms with E-state index in [4.69, 9.17) is 4.74 Å². The molecule has 1 saturated carbocycles. The highest BCUT2D eigenvalue weighted by Gasteiger charge is 2.34. The van der Waals surface area contributed by atoms with Crippen molar-refractivity contribution in [1.82, 2.24) is 10.6 Å². The van der Waals surface area contributed by atoms with Crippen molar-refractivity contribution in [2.45, 2.75) is 51.7 Å². The van der Waals surface area contributed by atoms with Gasteiger partial charge in [0.1, 0.15) is 5.60 Å². The van der Waals surface area contributed by atoms with Crippen molar-refractivity contribution in [1.29, 1.82) is 0 Å². The molecule has 1 saturated heterocycles. The number of ether oxygens (including phenoxy) is 1. The van der Waals surface area contributed by atoms with Crippen LogP contribution in [0.4, 0.5) is 4.79 Å². The summed E-state index contributed by atoms with van der Waals surface area (Å²) in [5, 5.41) is 6.35. The van der Waals surface area contributed by atoms with Crippen LogP contribution in [-0.4, -0.2) is 30.8 Å². The molecule has 1 aliphatic heterocycles. The number of carbonyl (C=O) groups is 1. The highest BCUT2D eigenvalue weighted by Crippen LogP contribution is 2.36. The van der Waals surface area contributed by atoms with Crippen LogP contribution in [0.2, 0.25) is 0 Å². The molecule has 1 heterocycles. The van der Waals surface area contributed by atoms with E-state index in [1.807, 2.05) is 20.8 Å². The summed E-state index contributed by atoms with van der Waals surface area (Å²) < 4.78 is 5.29. The predicted molar refractivity (Wildman–Crippen MR) is 66.9 cm³/mol. The molecular weight excluding hydrogens is 216 g/mol. The molecule has 0 aromatic rings. The molecule has 4 nitrogen and oxygen atoms in total. The summed E-state index contributed by atoms with van der Waals surface area (Å²) in [5.74, 6) is 1.48. The Bertz CT molecular complexity index is 282. The average molecular weight is 240 g/mol. The summed E-state index contributed by atoms with van der Waals surface area (Å²) in [4.78, 5) is 11.7. The minimum Gasteiger partial charge on any atom is -0.444 e.